The summed E-state index contributed by atoms with van der Waals surface area (Å²) in [7, 11) is 3.22. The van der Waals surface area contributed by atoms with Crippen LogP contribution in [0.25, 0.3) is 10.9 Å². The highest BCUT2D eigenvalue weighted by molar-refractivity contribution is 5.93. The smallest absolute Gasteiger partial charge is 0.217 e. The lowest BCUT2D eigenvalue weighted by molar-refractivity contribution is -0.117. The van der Waals surface area contributed by atoms with Crippen molar-refractivity contribution in [2.45, 2.75) is 19.8 Å². The third kappa shape index (κ3) is 2.66. The molecule has 5 nitrogen and oxygen atoms in total. The van der Waals surface area contributed by atoms with Crippen molar-refractivity contribution in [2.24, 2.45) is 5.73 Å². The molecule has 106 valence electrons. The van der Waals surface area contributed by atoms with Gasteiger partial charge in [0.1, 0.15) is 17.0 Å². The van der Waals surface area contributed by atoms with Gasteiger partial charge in [-0.05, 0) is 25.0 Å². The number of amides is 1. The summed E-state index contributed by atoms with van der Waals surface area (Å²) in [6.07, 6.45) is 0.843. The van der Waals surface area contributed by atoms with E-state index in [2.05, 4.69) is 4.98 Å². The molecule has 5 heteroatoms. The third-order valence-corrected chi connectivity index (χ3v) is 3.18. The lowest BCUT2D eigenvalue weighted by atomic mass is 10.0. The van der Waals surface area contributed by atoms with E-state index in [-0.39, 0.29) is 5.91 Å². The molecule has 0 spiro atoms. The van der Waals surface area contributed by atoms with Crippen molar-refractivity contribution in [1.82, 2.24) is 4.98 Å². The van der Waals surface area contributed by atoms with Crippen LogP contribution in [0.2, 0.25) is 0 Å². The largest absolute Gasteiger partial charge is 0.496 e. The summed E-state index contributed by atoms with van der Waals surface area (Å²) in [6, 6.07) is 5.64. The van der Waals surface area contributed by atoms with Crippen LogP contribution in [0.15, 0.2) is 18.2 Å². The van der Waals surface area contributed by atoms with Crippen LogP contribution in [0.5, 0.6) is 11.5 Å². The number of fused-ring (bicyclic) bond motifs is 1. The molecule has 1 aromatic heterocycles. The number of aryl methyl sites for hydroxylation is 2. The number of hydrogen-bond donors (Lipinski definition) is 1. The zero-order valence-corrected chi connectivity index (χ0v) is 11.9. The highest BCUT2D eigenvalue weighted by atomic mass is 16.5. The molecular weight excluding hydrogens is 256 g/mol. The maximum absolute atomic E-state index is 11.0. The fourth-order valence-electron chi connectivity index (χ4n) is 2.26. The highest BCUT2D eigenvalue weighted by Gasteiger charge is 2.14. The number of hydrogen-bond acceptors (Lipinski definition) is 4. The van der Waals surface area contributed by atoms with E-state index in [0.29, 0.717) is 18.6 Å². The molecule has 0 saturated carbocycles. The predicted molar refractivity (Wildman–Crippen MR) is 77.1 cm³/mol. The molecule has 2 rings (SSSR count). The zero-order chi connectivity index (χ0) is 14.7. The third-order valence-electron chi connectivity index (χ3n) is 3.18. The van der Waals surface area contributed by atoms with E-state index in [4.69, 9.17) is 15.2 Å². The summed E-state index contributed by atoms with van der Waals surface area (Å²) in [5.41, 5.74) is 7.79. The average molecular weight is 274 g/mol. The quantitative estimate of drug-likeness (QED) is 0.904. The Morgan fingerprint density at radius 3 is 2.55 bits per heavy atom. The first kappa shape index (κ1) is 14.1. The Morgan fingerprint density at radius 2 is 1.95 bits per heavy atom. The summed E-state index contributed by atoms with van der Waals surface area (Å²) in [6.45, 7) is 1.90. The van der Waals surface area contributed by atoms with Gasteiger partial charge < -0.3 is 15.2 Å². The number of primary amides is 1. The molecule has 0 fully saturated rings. The Morgan fingerprint density at radius 1 is 1.25 bits per heavy atom. The van der Waals surface area contributed by atoms with E-state index in [1.54, 1.807) is 14.2 Å². The molecular formula is C15H18N2O3. The van der Waals surface area contributed by atoms with Gasteiger partial charge >= 0.3 is 0 Å². The van der Waals surface area contributed by atoms with E-state index in [0.717, 1.165) is 27.9 Å². The standard InChI is InChI=1S/C15H18N2O3/c1-9-8-12(20-3)14-10(5-7-13(16)18)4-6-11(19-2)15(14)17-9/h4,6,8H,5,7H2,1-3H3,(H2,16,18). The maximum atomic E-state index is 11.0. The molecule has 0 aliphatic heterocycles. The lowest BCUT2D eigenvalue weighted by Crippen LogP contribution is -2.11. The minimum atomic E-state index is -0.326. The van der Waals surface area contributed by atoms with Gasteiger partial charge in [-0.3, -0.25) is 4.79 Å². The number of methoxy groups -OCH3 is 2. The second kappa shape index (κ2) is 5.77. The zero-order valence-electron chi connectivity index (χ0n) is 11.9. The SMILES string of the molecule is COc1ccc(CCC(N)=O)c2c(OC)cc(C)nc12. The van der Waals surface area contributed by atoms with Gasteiger partial charge in [0.2, 0.25) is 5.91 Å². The van der Waals surface area contributed by atoms with Crippen molar-refractivity contribution in [1.29, 1.82) is 0 Å². The van der Waals surface area contributed by atoms with Crippen LogP contribution in [0.3, 0.4) is 0 Å². The summed E-state index contributed by atoms with van der Waals surface area (Å²) in [5, 5.41) is 0.874. The number of nitrogens with zero attached hydrogens (tertiary/aromatic N) is 1. The normalized spacial score (nSPS) is 10.6. The Labute approximate surface area is 117 Å². The molecule has 0 unspecified atom stereocenters. The van der Waals surface area contributed by atoms with E-state index in [1.165, 1.54) is 0 Å². The first-order valence-corrected chi connectivity index (χ1v) is 6.36. The first-order chi connectivity index (χ1) is 9.56. The second-order valence-corrected chi connectivity index (χ2v) is 4.58. The summed E-state index contributed by atoms with van der Waals surface area (Å²) < 4.78 is 10.8. The fourth-order valence-corrected chi connectivity index (χ4v) is 2.26. The number of aromatic nitrogens is 1. The van der Waals surface area contributed by atoms with Crippen molar-refractivity contribution in [3.8, 4) is 11.5 Å². The van der Waals surface area contributed by atoms with Crippen LogP contribution in [-0.2, 0) is 11.2 Å². The van der Waals surface area contributed by atoms with Crippen LogP contribution < -0.4 is 15.2 Å². The molecule has 0 aliphatic carbocycles. The van der Waals surface area contributed by atoms with Crippen LogP contribution in [0.4, 0.5) is 0 Å². The van der Waals surface area contributed by atoms with Gasteiger partial charge in [-0.15, -0.1) is 0 Å². The molecule has 0 bridgehead atoms. The first-order valence-electron chi connectivity index (χ1n) is 6.36. The van der Waals surface area contributed by atoms with E-state index < -0.39 is 0 Å². The fraction of sp³-hybridized carbons (Fsp3) is 0.333. The van der Waals surface area contributed by atoms with Gasteiger partial charge in [0.05, 0.1) is 14.2 Å². The van der Waals surface area contributed by atoms with Crippen LogP contribution >= 0.6 is 0 Å². The second-order valence-electron chi connectivity index (χ2n) is 4.58. The Bertz CT molecular complexity index is 653. The van der Waals surface area contributed by atoms with E-state index in [1.807, 2.05) is 25.1 Å². The predicted octanol–water partition coefficient (Wildman–Crippen LogP) is 1.98. The van der Waals surface area contributed by atoms with Gasteiger partial charge in [0.25, 0.3) is 0 Å². The van der Waals surface area contributed by atoms with Crippen LogP contribution in [0.1, 0.15) is 17.7 Å². The van der Waals surface area contributed by atoms with Crippen molar-refractivity contribution in [3.63, 3.8) is 0 Å². The van der Waals surface area contributed by atoms with Crippen LogP contribution in [-0.4, -0.2) is 25.1 Å². The Hall–Kier alpha value is -2.30. The minimum Gasteiger partial charge on any atom is -0.496 e. The Kier molecular flexibility index (Phi) is 4.08. The molecule has 1 amide bonds. The van der Waals surface area contributed by atoms with Crippen molar-refractivity contribution >= 4 is 16.8 Å². The molecule has 1 aromatic carbocycles. The van der Waals surface area contributed by atoms with Gasteiger partial charge in [0, 0.05) is 23.6 Å². The van der Waals surface area contributed by atoms with E-state index >= 15 is 0 Å². The summed E-state index contributed by atoms with van der Waals surface area (Å²) in [5.74, 6) is 1.09. The molecule has 0 radical (unpaired) electrons. The number of benzene rings is 1. The van der Waals surface area contributed by atoms with Gasteiger partial charge in [-0.2, -0.15) is 0 Å². The molecule has 2 N–H and O–H groups in total. The van der Waals surface area contributed by atoms with Crippen molar-refractivity contribution in [2.75, 3.05) is 14.2 Å². The highest BCUT2D eigenvalue weighted by Crippen LogP contribution is 2.34. The summed E-state index contributed by atoms with van der Waals surface area (Å²) in [4.78, 5) is 15.5. The van der Waals surface area contributed by atoms with Gasteiger partial charge in [-0.1, -0.05) is 6.07 Å². The van der Waals surface area contributed by atoms with E-state index in [9.17, 15) is 4.79 Å². The van der Waals surface area contributed by atoms with Crippen molar-refractivity contribution < 1.29 is 14.3 Å². The number of ether oxygens (including phenoxy) is 2. The lowest BCUT2D eigenvalue weighted by Gasteiger charge is -2.13. The molecule has 1 heterocycles. The number of carbonyl (C=O) groups excluding carboxylic acids is 1. The molecule has 20 heavy (non-hydrogen) atoms. The van der Waals surface area contributed by atoms with Crippen LogP contribution in [0, 0.1) is 6.92 Å². The number of pyridine rings is 1. The molecule has 0 aliphatic rings. The maximum Gasteiger partial charge on any atom is 0.217 e. The number of rotatable bonds is 5. The van der Waals surface area contributed by atoms with Crippen molar-refractivity contribution in [3.05, 3.63) is 29.5 Å². The average Bonchev–Trinajstić information content (AvgIpc) is 2.43. The van der Waals surface area contributed by atoms with Gasteiger partial charge in [0.15, 0.2) is 0 Å². The number of nitrogens with two attached hydrogens (primary N) is 1. The topological polar surface area (TPSA) is 74.4 Å². The minimum absolute atomic E-state index is 0.290. The number of carbonyl (C=O) groups is 1. The summed E-state index contributed by atoms with van der Waals surface area (Å²) >= 11 is 0. The molecule has 0 saturated heterocycles. The molecule has 2 aromatic rings. The van der Waals surface area contributed by atoms with Gasteiger partial charge in [-0.25, -0.2) is 4.98 Å². The Balaban J connectivity index is 2.67. The monoisotopic (exact) mass is 274 g/mol. The molecule has 0 atom stereocenters.